The van der Waals surface area contributed by atoms with Crippen LogP contribution in [0.2, 0.25) is 0 Å². The minimum absolute atomic E-state index is 0.000893. The summed E-state index contributed by atoms with van der Waals surface area (Å²) < 4.78 is 0. The van der Waals surface area contributed by atoms with Gasteiger partial charge in [0.1, 0.15) is 0 Å². The number of hydrogen-bond donors (Lipinski definition) is 2. The molecule has 0 bridgehead atoms. The summed E-state index contributed by atoms with van der Waals surface area (Å²) >= 11 is 0. The molecule has 2 atom stereocenters. The molecule has 0 spiro atoms. The van der Waals surface area contributed by atoms with E-state index in [1.165, 1.54) is 5.56 Å². The lowest BCUT2D eigenvalue weighted by Gasteiger charge is -2.19. The summed E-state index contributed by atoms with van der Waals surface area (Å²) in [5, 5.41) is 12.5. The standard InChI is InChI=1S/C20H25NO2/c1-16(9-8-12-17-10-4-2-5-11-17)20(23)21-19(15-22)18-13-6-3-7-14-18/h2-7,10-11,13-14,16,19,22H,8-9,12,15H2,1H3,(H,21,23)/t16?,19-/m0/s1. The van der Waals surface area contributed by atoms with Crippen LogP contribution in [0, 0.1) is 5.92 Å². The lowest BCUT2D eigenvalue weighted by Crippen LogP contribution is -2.34. The highest BCUT2D eigenvalue weighted by molar-refractivity contribution is 5.78. The third-order valence-corrected chi connectivity index (χ3v) is 4.09. The molecular weight excluding hydrogens is 286 g/mol. The second kappa shape index (κ2) is 9.11. The van der Waals surface area contributed by atoms with Crippen LogP contribution in [0.4, 0.5) is 0 Å². The number of hydrogen-bond acceptors (Lipinski definition) is 2. The molecule has 1 amide bonds. The largest absolute Gasteiger partial charge is 0.394 e. The monoisotopic (exact) mass is 311 g/mol. The summed E-state index contributed by atoms with van der Waals surface area (Å²) in [5.41, 5.74) is 2.23. The predicted octanol–water partition coefficient (Wildman–Crippen LogP) is 3.50. The van der Waals surface area contributed by atoms with E-state index in [0.717, 1.165) is 24.8 Å². The number of nitrogens with one attached hydrogen (secondary N) is 1. The Bertz CT molecular complexity index is 583. The molecule has 2 aromatic carbocycles. The first-order valence-corrected chi connectivity index (χ1v) is 8.21. The van der Waals surface area contributed by atoms with Gasteiger partial charge in [0.05, 0.1) is 12.6 Å². The minimum atomic E-state index is -0.333. The number of rotatable bonds is 8. The quantitative estimate of drug-likeness (QED) is 0.784. The third kappa shape index (κ3) is 5.53. The van der Waals surface area contributed by atoms with Crippen molar-refractivity contribution in [1.29, 1.82) is 0 Å². The van der Waals surface area contributed by atoms with E-state index >= 15 is 0 Å². The van der Waals surface area contributed by atoms with Crippen molar-refractivity contribution < 1.29 is 9.90 Å². The predicted molar refractivity (Wildman–Crippen MR) is 93.0 cm³/mol. The molecule has 0 aliphatic rings. The molecule has 0 heterocycles. The molecule has 0 radical (unpaired) electrons. The number of aliphatic hydroxyl groups is 1. The zero-order valence-electron chi connectivity index (χ0n) is 13.6. The van der Waals surface area contributed by atoms with Crippen LogP contribution in [0.1, 0.15) is 36.9 Å². The van der Waals surface area contributed by atoms with E-state index in [9.17, 15) is 9.90 Å². The molecule has 0 aromatic heterocycles. The van der Waals surface area contributed by atoms with Crippen molar-refractivity contribution in [3.63, 3.8) is 0 Å². The molecule has 0 aliphatic heterocycles. The van der Waals surface area contributed by atoms with Gasteiger partial charge in [-0.15, -0.1) is 0 Å². The molecule has 0 saturated carbocycles. The van der Waals surface area contributed by atoms with Crippen LogP contribution < -0.4 is 5.32 Å². The van der Waals surface area contributed by atoms with Gasteiger partial charge in [0.2, 0.25) is 5.91 Å². The van der Waals surface area contributed by atoms with Crippen molar-refractivity contribution in [2.45, 2.75) is 32.2 Å². The highest BCUT2D eigenvalue weighted by atomic mass is 16.3. The zero-order valence-corrected chi connectivity index (χ0v) is 13.6. The highest BCUT2D eigenvalue weighted by Gasteiger charge is 2.18. The van der Waals surface area contributed by atoms with Crippen molar-refractivity contribution in [3.05, 3.63) is 71.8 Å². The van der Waals surface area contributed by atoms with Gasteiger partial charge in [-0.05, 0) is 30.4 Å². The molecule has 3 heteroatoms. The van der Waals surface area contributed by atoms with Crippen molar-refractivity contribution >= 4 is 5.91 Å². The highest BCUT2D eigenvalue weighted by Crippen LogP contribution is 2.15. The number of aryl methyl sites for hydroxylation is 1. The molecule has 122 valence electrons. The van der Waals surface area contributed by atoms with Crippen molar-refractivity contribution in [2.75, 3.05) is 6.61 Å². The molecule has 0 saturated heterocycles. The van der Waals surface area contributed by atoms with E-state index in [-0.39, 0.29) is 24.5 Å². The first kappa shape index (κ1) is 17.2. The van der Waals surface area contributed by atoms with Crippen LogP contribution >= 0.6 is 0 Å². The van der Waals surface area contributed by atoms with Crippen LogP contribution in [-0.4, -0.2) is 17.6 Å². The first-order chi connectivity index (χ1) is 11.2. The van der Waals surface area contributed by atoms with Gasteiger partial charge in [0, 0.05) is 5.92 Å². The fourth-order valence-electron chi connectivity index (χ4n) is 2.62. The molecule has 23 heavy (non-hydrogen) atoms. The van der Waals surface area contributed by atoms with Crippen LogP contribution in [-0.2, 0) is 11.2 Å². The Hall–Kier alpha value is -2.13. The second-order valence-electron chi connectivity index (χ2n) is 5.93. The Morgan fingerprint density at radius 2 is 1.65 bits per heavy atom. The zero-order chi connectivity index (χ0) is 16.5. The topological polar surface area (TPSA) is 49.3 Å². The molecule has 0 fully saturated rings. The number of benzene rings is 2. The molecule has 2 aromatic rings. The Balaban J connectivity index is 1.80. The maximum absolute atomic E-state index is 12.3. The van der Waals surface area contributed by atoms with Crippen LogP contribution in [0.25, 0.3) is 0 Å². The van der Waals surface area contributed by atoms with Gasteiger partial charge >= 0.3 is 0 Å². The molecule has 2 rings (SSSR count). The molecule has 0 aliphatic carbocycles. The Morgan fingerprint density at radius 3 is 2.26 bits per heavy atom. The normalized spacial score (nSPS) is 13.3. The number of aliphatic hydroxyl groups excluding tert-OH is 1. The van der Waals surface area contributed by atoms with Crippen molar-refractivity contribution in [1.82, 2.24) is 5.32 Å². The summed E-state index contributed by atoms with van der Waals surface area (Å²) in [6.07, 6.45) is 2.81. The van der Waals surface area contributed by atoms with Gasteiger partial charge in [-0.3, -0.25) is 4.79 Å². The molecule has 1 unspecified atom stereocenters. The smallest absolute Gasteiger partial charge is 0.223 e. The molecule has 2 N–H and O–H groups in total. The molecular formula is C20H25NO2. The van der Waals surface area contributed by atoms with Crippen LogP contribution in [0.3, 0.4) is 0 Å². The molecule has 3 nitrogen and oxygen atoms in total. The minimum Gasteiger partial charge on any atom is -0.394 e. The van der Waals surface area contributed by atoms with Crippen LogP contribution in [0.15, 0.2) is 60.7 Å². The fourth-order valence-corrected chi connectivity index (χ4v) is 2.62. The Labute approximate surface area is 138 Å². The number of carbonyl (C=O) groups excluding carboxylic acids is 1. The Kier molecular flexibility index (Phi) is 6.82. The van der Waals surface area contributed by atoms with Gasteiger partial charge in [0.25, 0.3) is 0 Å². The summed E-state index contributed by atoms with van der Waals surface area (Å²) in [5.74, 6) is -0.0579. The second-order valence-corrected chi connectivity index (χ2v) is 5.93. The van der Waals surface area contributed by atoms with Crippen molar-refractivity contribution in [2.24, 2.45) is 5.92 Å². The SMILES string of the molecule is CC(CCCc1ccccc1)C(=O)N[C@@H](CO)c1ccccc1. The summed E-state index contributed by atoms with van der Waals surface area (Å²) in [6.45, 7) is 1.85. The fraction of sp³-hybridized carbons (Fsp3) is 0.350. The van der Waals surface area contributed by atoms with Gasteiger partial charge in [0.15, 0.2) is 0 Å². The van der Waals surface area contributed by atoms with E-state index in [1.54, 1.807) is 0 Å². The average Bonchev–Trinajstić information content (AvgIpc) is 2.61. The summed E-state index contributed by atoms with van der Waals surface area (Å²) in [4.78, 5) is 12.3. The van der Waals surface area contributed by atoms with Gasteiger partial charge in [-0.25, -0.2) is 0 Å². The summed E-state index contributed by atoms with van der Waals surface area (Å²) in [6, 6.07) is 19.6. The van der Waals surface area contributed by atoms with Gasteiger partial charge < -0.3 is 10.4 Å². The van der Waals surface area contributed by atoms with E-state index in [0.29, 0.717) is 0 Å². The average molecular weight is 311 g/mol. The summed E-state index contributed by atoms with van der Waals surface area (Å²) in [7, 11) is 0. The maximum atomic E-state index is 12.3. The van der Waals surface area contributed by atoms with E-state index in [4.69, 9.17) is 0 Å². The lowest BCUT2D eigenvalue weighted by atomic mass is 9.99. The van der Waals surface area contributed by atoms with Crippen LogP contribution in [0.5, 0.6) is 0 Å². The first-order valence-electron chi connectivity index (χ1n) is 8.21. The third-order valence-electron chi connectivity index (χ3n) is 4.09. The van der Waals surface area contributed by atoms with Gasteiger partial charge in [-0.1, -0.05) is 67.6 Å². The lowest BCUT2D eigenvalue weighted by molar-refractivity contribution is -0.125. The van der Waals surface area contributed by atoms with Gasteiger partial charge in [-0.2, -0.15) is 0 Å². The number of carbonyl (C=O) groups is 1. The van der Waals surface area contributed by atoms with E-state index in [1.807, 2.05) is 55.5 Å². The Morgan fingerprint density at radius 1 is 1.04 bits per heavy atom. The van der Waals surface area contributed by atoms with Crippen molar-refractivity contribution in [3.8, 4) is 0 Å². The van der Waals surface area contributed by atoms with E-state index in [2.05, 4.69) is 17.4 Å². The maximum Gasteiger partial charge on any atom is 0.223 e. The van der Waals surface area contributed by atoms with E-state index < -0.39 is 0 Å². The number of amides is 1.